The van der Waals surface area contributed by atoms with Crippen molar-refractivity contribution in [3.05, 3.63) is 48.8 Å². The molecule has 5 aliphatic rings. The normalized spacial score (nSPS) is 22.6. The minimum atomic E-state index is -7.14. The van der Waals surface area contributed by atoms with Crippen LogP contribution in [0.5, 0.6) is 0 Å². The van der Waals surface area contributed by atoms with Crippen LogP contribution in [0.3, 0.4) is 0 Å². The molecule has 1 heterocycles. The molecule has 0 spiro atoms. The SMILES string of the molecule is C=C(C)C(=O)OC12CC3CC(C1)CC(OS(=O)(=O)C(F)(F)C(F)(F)C(F)(F)S(=O)(=O)O)(C3)C2.C=C(C)C(=O)OCCOC(=O)C(F)(F)S(=O)(=O)O.C=C(CO)C(=O)O/C=C\C1CCN(S(=O)(=O)C(F)(F)C(F)(F)C(F)(F)S(=O)(=O)O)CC1. The third-order valence-electron chi connectivity index (χ3n) is 11.9. The molecular weight excluding hydrogens is 1280 g/mol. The molecule has 0 aromatic carbocycles. The van der Waals surface area contributed by atoms with E-state index in [0.29, 0.717) is 6.42 Å². The Morgan fingerprint density at radius 2 is 1.01 bits per heavy atom. The maximum absolute atomic E-state index is 14.3. The van der Waals surface area contributed by atoms with E-state index < -0.39 is 181 Å². The Balaban J connectivity index is 0.000000439. The van der Waals surface area contributed by atoms with E-state index in [1.807, 2.05) is 0 Å². The van der Waals surface area contributed by atoms with Crippen LogP contribution in [0.4, 0.5) is 61.5 Å². The summed E-state index contributed by atoms with van der Waals surface area (Å²) in [6.07, 6.45) is 1.54. The molecule has 1 saturated heterocycles. The lowest BCUT2D eigenvalue weighted by Crippen LogP contribution is -2.65. The second kappa shape index (κ2) is 24.8. The molecule has 2 unspecified atom stereocenters. The van der Waals surface area contributed by atoms with Gasteiger partial charge < -0.3 is 24.1 Å². The van der Waals surface area contributed by atoms with Gasteiger partial charge in [0, 0.05) is 30.7 Å². The van der Waals surface area contributed by atoms with Crippen molar-refractivity contribution < 1.29 is 165 Å². The van der Waals surface area contributed by atoms with Crippen molar-refractivity contribution in [3.63, 3.8) is 0 Å². The number of allylic oxidation sites excluding steroid dienone is 1. The number of piperidine rings is 1. The smallest absolute Gasteiger partial charge is 0.459 e. The zero-order valence-electron chi connectivity index (χ0n) is 41.5. The topological polar surface area (TPSA) is 369 Å². The third kappa shape index (κ3) is 15.1. The molecule has 0 aromatic rings. The molecular formula is C39H47F14NO23S5. The van der Waals surface area contributed by atoms with E-state index in [9.17, 15) is 123 Å². The Bertz CT molecular complexity index is 3100. The lowest BCUT2D eigenvalue weighted by molar-refractivity contribution is -0.252. The monoisotopic (exact) mass is 1320 g/mol. The van der Waals surface area contributed by atoms with Crippen LogP contribution in [-0.4, -0.2) is 171 Å². The predicted octanol–water partition coefficient (Wildman–Crippen LogP) is 4.72. The molecule has 1 aliphatic heterocycles. The number of aliphatic hydroxyl groups excluding tert-OH is 1. The van der Waals surface area contributed by atoms with Crippen molar-refractivity contribution in [2.75, 3.05) is 32.9 Å². The standard InChI is InChI=1S/C17H20F6O8S2.C14H17F6NO8S2.C8H10F2O7S/c1-9(2)12(24)30-13-4-10-3-11(5-13)7-14(6-10,8-13)31-33(28,29)17(22,23)15(18,19)16(20,21)32(25,26)27;1-9(8-22)11(23)29-7-4-10-2-5-21(6-3-10)30(24,25)13(17,18)12(15,16)14(19,20)31(26,27)28;1-5(2)6(11)16-3-4-17-7(12)8(9,10)18(13,14)15/h10-11H,1,3-8H2,2H3,(H,25,26,27);4,7,10,22H,1-3,5-6,8H2,(H,26,27,28);1,3-4H2,2H3,(H,13,14,15)/b;7-4-;. The van der Waals surface area contributed by atoms with Gasteiger partial charge in [-0.1, -0.05) is 19.7 Å². The van der Waals surface area contributed by atoms with Gasteiger partial charge in [0.05, 0.1) is 24.0 Å². The zero-order valence-corrected chi connectivity index (χ0v) is 45.6. The highest BCUT2D eigenvalue weighted by molar-refractivity contribution is 7.90. The van der Waals surface area contributed by atoms with Crippen LogP contribution in [0.25, 0.3) is 0 Å². The van der Waals surface area contributed by atoms with E-state index in [-0.39, 0.29) is 59.5 Å². The average molecular weight is 1320 g/mol. The van der Waals surface area contributed by atoms with E-state index in [1.54, 1.807) is 0 Å². The van der Waals surface area contributed by atoms with Gasteiger partial charge in [-0.2, -0.15) is 99.4 Å². The Morgan fingerprint density at radius 3 is 1.41 bits per heavy atom. The number of alkyl halides is 14. The summed E-state index contributed by atoms with van der Waals surface area (Å²) in [5.41, 5.74) is -3.66. The lowest BCUT2D eigenvalue weighted by atomic mass is 9.52. The van der Waals surface area contributed by atoms with Gasteiger partial charge in [-0.25, -0.2) is 27.6 Å². The van der Waals surface area contributed by atoms with E-state index >= 15 is 0 Å². The van der Waals surface area contributed by atoms with Crippen LogP contribution >= 0.6 is 0 Å². The van der Waals surface area contributed by atoms with Gasteiger partial charge >= 0.3 is 102 Å². The molecule has 4 N–H and O–H groups in total. The van der Waals surface area contributed by atoms with E-state index in [4.69, 9.17) is 23.5 Å². The minimum Gasteiger partial charge on any atom is -0.459 e. The summed E-state index contributed by atoms with van der Waals surface area (Å²) in [6.45, 7) is 8.78. The number of carbonyl (C=O) groups is 4. The summed E-state index contributed by atoms with van der Waals surface area (Å²) in [7, 11) is -33.5. The van der Waals surface area contributed by atoms with Crippen molar-refractivity contribution in [2.24, 2.45) is 17.8 Å². The zero-order chi connectivity index (χ0) is 64.5. The van der Waals surface area contributed by atoms with E-state index in [2.05, 4.69) is 38.1 Å². The van der Waals surface area contributed by atoms with Gasteiger partial charge in [-0.3, -0.25) is 17.8 Å². The van der Waals surface area contributed by atoms with Crippen LogP contribution in [0, 0.1) is 17.8 Å². The van der Waals surface area contributed by atoms with Gasteiger partial charge in [0.2, 0.25) is 0 Å². The van der Waals surface area contributed by atoms with Crippen LogP contribution in [0.2, 0.25) is 0 Å². The number of esters is 4. The van der Waals surface area contributed by atoms with E-state index in [0.717, 1.165) is 6.26 Å². The molecule has 5 rings (SSSR count). The highest BCUT2D eigenvalue weighted by Crippen LogP contribution is 2.62. The number of hydrogen-bond acceptors (Lipinski definition) is 20. The quantitative estimate of drug-likeness (QED) is 0.0157. The summed E-state index contributed by atoms with van der Waals surface area (Å²) >= 11 is 0. The highest BCUT2D eigenvalue weighted by atomic mass is 32.2. The third-order valence-corrected chi connectivity index (χ3v) is 18.0. The largest absolute Gasteiger partial charge is 0.465 e. The fraction of sp³-hybridized carbons (Fsp3) is 0.692. The van der Waals surface area contributed by atoms with Crippen LogP contribution in [-0.2, 0) is 92.8 Å². The Hall–Kier alpha value is -4.63. The molecule has 82 heavy (non-hydrogen) atoms. The maximum Gasteiger partial charge on any atom is 0.465 e. The molecule has 474 valence electrons. The molecule has 4 aliphatic carbocycles. The molecule has 43 heteroatoms. The summed E-state index contributed by atoms with van der Waals surface area (Å²) < 4.78 is 348. The van der Waals surface area contributed by atoms with Crippen molar-refractivity contribution in [3.8, 4) is 0 Å². The number of carbonyl (C=O) groups excluding carboxylic acids is 4. The number of nitrogens with zero attached hydrogens (tertiary/aromatic N) is 1. The molecule has 2 atom stereocenters. The fourth-order valence-corrected chi connectivity index (χ4v) is 12.3. The first-order valence-corrected chi connectivity index (χ1v) is 29.2. The number of aliphatic hydroxyl groups is 1. The minimum absolute atomic E-state index is 0.00745. The number of halogens is 14. The molecule has 0 amide bonds. The summed E-state index contributed by atoms with van der Waals surface area (Å²) in [4.78, 5) is 44.7. The van der Waals surface area contributed by atoms with Crippen LogP contribution in [0.15, 0.2) is 48.8 Å². The summed E-state index contributed by atoms with van der Waals surface area (Å²) in [6, 6.07) is 0. The second-order valence-corrected chi connectivity index (χ2v) is 26.4. The van der Waals surface area contributed by atoms with Gasteiger partial charge in [0.1, 0.15) is 18.8 Å². The van der Waals surface area contributed by atoms with Crippen molar-refractivity contribution in [2.45, 2.75) is 115 Å². The van der Waals surface area contributed by atoms with Crippen molar-refractivity contribution in [1.29, 1.82) is 0 Å². The predicted molar refractivity (Wildman–Crippen MR) is 242 cm³/mol. The molecule has 0 radical (unpaired) electrons. The van der Waals surface area contributed by atoms with E-state index in [1.165, 1.54) is 19.9 Å². The fourth-order valence-electron chi connectivity index (χ4n) is 8.28. The van der Waals surface area contributed by atoms with Gasteiger partial charge in [0.15, 0.2) is 0 Å². The number of sulfonamides is 1. The van der Waals surface area contributed by atoms with Gasteiger partial charge in [0.25, 0.3) is 10.0 Å². The number of hydrogen-bond donors (Lipinski definition) is 4. The van der Waals surface area contributed by atoms with Crippen LogP contribution in [0.1, 0.15) is 65.2 Å². The summed E-state index contributed by atoms with van der Waals surface area (Å²) in [5, 5.41) is -23.3. The Morgan fingerprint density at radius 1 is 0.598 bits per heavy atom. The Kier molecular flexibility index (Phi) is 22.2. The lowest BCUT2D eigenvalue weighted by Gasteiger charge is -2.60. The first kappa shape index (κ1) is 73.5. The van der Waals surface area contributed by atoms with Gasteiger partial charge in [-0.15, -0.1) is 0 Å². The molecule has 0 aromatic heterocycles. The Labute approximate surface area is 455 Å². The van der Waals surface area contributed by atoms with Crippen LogP contribution < -0.4 is 0 Å². The highest BCUT2D eigenvalue weighted by Gasteiger charge is 2.84. The van der Waals surface area contributed by atoms with Crippen molar-refractivity contribution >= 4 is 74.4 Å². The van der Waals surface area contributed by atoms with Crippen molar-refractivity contribution in [1.82, 2.24) is 4.31 Å². The number of ether oxygens (including phenoxy) is 4. The molecule has 24 nitrogen and oxygen atoms in total. The van der Waals surface area contributed by atoms with Gasteiger partial charge in [-0.05, 0) is 82.6 Å². The second-order valence-electron chi connectivity index (χ2n) is 18.5. The molecule has 5 fully saturated rings. The first-order chi connectivity index (χ1) is 36.4. The molecule has 4 saturated carbocycles. The number of rotatable bonds is 23. The molecule has 4 bridgehead atoms. The first-order valence-electron chi connectivity index (χ1n) is 22.0. The average Bonchev–Trinajstić information content (AvgIpc) is 3.34. The maximum atomic E-state index is 14.3. The summed E-state index contributed by atoms with van der Waals surface area (Å²) in [5.74, 6) is -20.6.